The number of hydrogen-bond donors (Lipinski definition) is 1. The Bertz CT molecular complexity index is 746. The van der Waals surface area contributed by atoms with Gasteiger partial charge >= 0.3 is 0 Å². The van der Waals surface area contributed by atoms with Crippen molar-refractivity contribution in [2.24, 2.45) is 0 Å². The molecule has 24 heavy (non-hydrogen) atoms. The van der Waals surface area contributed by atoms with Gasteiger partial charge in [-0.2, -0.15) is 0 Å². The molecule has 0 aliphatic heterocycles. The van der Waals surface area contributed by atoms with Crippen molar-refractivity contribution in [2.45, 2.75) is 13.3 Å². The first kappa shape index (κ1) is 17.5. The molecule has 2 aromatic carbocycles. The molecular formula is C20H22N2O2. The molecule has 2 rings (SSSR count). The molecule has 0 heterocycles. The first-order valence-corrected chi connectivity index (χ1v) is 7.90. The lowest BCUT2D eigenvalue weighted by Crippen LogP contribution is -2.21. The van der Waals surface area contributed by atoms with Gasteiger partial charge in [-0.05, 0) is 41.8 Å². The van der Waals surface area contributed by atoms with Crippen LogP contribution >= 0.6 is 0 Å². The lowest BCUT2D eigenvalue weighted by atomic mass is 10.1. The van der Waals surface area contributed by atoms with Crippen LogP contribution in [0.5, 0.6) is 0 Å². The van der Waals surface area contributed by atoms with E-state index in [0.717, 1.165) is 23.2 Å². The highest BCUT2D eigenvalue weighted by molar-refractivity contribution is 6.02. The predicted octanol–water partition coefficient (Wildman–Crippen LogP) is 3.60. The van der Waals surface area contributed by atoms with E-state index in [0.29, 0.717) is 5.56 Å². The molecule has 0 saturated heterocycles. The molecule has 0 aliphatic rings. The van der Waals surface area contributed by atoms with Crippen molar-refractivity contribution in [3.63, 3.8) is 0 Å². The summed E-state index contributed by atoms with van der Waals surface area (Å²) in [6, 6.07) is 14.9. The van der Waals surface area contributed by atoms with Crippen molar-refractivity contribution in [3.05, 3.63) is 71.3 Å². The molecule has 0 unspecified atom stereocenters. The minimum Gasteiger partial charge on any atom is -0.345 e. The maximum absolute atomic E-state index is 12.1. The fourth-order valence-corrected chi connectivity index (χ4v) is 2.29. The van der Waals surface area contributed by atoms with Crippen molar-refractivity contribution in [1.82, 2.24) is 4.90 Å². The van der Waals surface area contributed by atoms with Crippen molar-refractivity contribution in [3.8, 4) is 0 Å². The van der Waals surface area contributed by atoms with E-state index in [2.05, 4.69) is 12.2 Å². The Morgan fingerprint density at radius 2 is 1.71 bits per heavy atom. The number of para-hydroxylation sites is 1. The topological polar surface area (TPSA) is 49.4 Å². The number of benzene rings is 2. The molecule has 2 amide bonds. The van der Waals surface area contributed by atoms with Gasteiger partial charge in [-0.15, -0.1) is 0 Å². The number of rotatable bonds is 5. The average Bonchev–Trinajstić information content (AvgIpc) is 2.60. The molecule has 0 atom stereocenters. The Balaban J connectivity index is 2.02. The average molecular weight is 322 g/mol. The number of aryl methyl sites for hydroxylation is 1. The molecule has 0 aliphatic carbocycles. The van der Waals surface area contributed by atoms with Crippen molar-refractivity contribution in [2.75, 3.05) is 19.4 Å². The van der Waals surface area contributed by atoms with Crippen LogP contribution in [-0.4, -0.2) is 30.8 Å². The highest BCUT2D eigenvalue weighted by atomic mass is 16.2. The largest absolute Gasteiger partial charge is 0.345 e. The smallest absolute Gasteiger partial charge is 0.253 e. The van der Waals surface area contributed by atoms with Crippen LogP contribution < -0.4 is 5.32 Å². The van der Waals surface area contributed by atoms with Gasteiger partial charge in [-0.25, -0.2) is 0 Å². The van der Waals surface area contributed by atoms with Crippen molar-refractivity contribution >= 4 is 23.6 Å². The number of anilines is 1. The van der Waals surface area contributed by atoms with Gasteiger partial charge in [0.05, 0.1) is 0 Å². The third-order valence-corrected chi connectivity index (χ3v) is 3.65. The van der Waals surface area contributed by atoms with Crippen LogP contribution in [0.25, 0.3) is 6.08 Å². The fourth-order valence-electron chi connectivity index (χ4n) is 2.29. The van der Waals surface area contributed by atoms with E-state index in [-0.39, 0.29) is 11.8 Å². The highest BCUT2D eigenvalue weighted by Gasteiger charge is 2.06. The van der Waals surface area contributed by atoms with E-state index >= 15 is 0 Å². The standard InChI is InChI=1S/C20H22N2O2/c1-4-16-7-5-6-8-18(16)21-19(23)14-11-15-9-12-17(13-10-15)20(24)22(2)3/h5-14H,4H2,1-3H3,(H,21,23)/b14-11+. The summed E-state index contributed by atoms with van der Waals surface area (Å²) in [5.74, 6) is -0.219. The molecule has 2 aromatic rings. The Kier molecular flexibility index (Phi) is 5.90. The lowest BCUT2D eigenvalue weighted by Gasteiger charge is -2.10. The van der Waals surface area contributed by atoms with Gasteiger partial charge < -0.3 is 10.2 Å². The van der Waals surface area contributed by atoms with Gasteiger partial charge in [-0.1, -0.05) is 37.3 Å². The van der Waals surface area contributed by atoms with E-state index in [1.165, 1.54) is 11.0 Å². The molecule has 0 spiro atoms. The zero-order chi connectivity index (χ0) is 17.5. The van der Waals surface area contributed by atoms with Crippen LogP contribution in [0.15, 0.2) is 54.6 Å². The van der Waals surface area contributed by atoms with Gasteiger partial charge in [0.1, 0.15) is 0 Å². The number of carbonyl (C=O) groups is 2. The quantitative estimate of drug-likeness (QED) is 0.855. The maximum atomic E-state index is 12.1. The zero-order valence-corrected chi connectivity index (χ0v) is 14.2. The van der Waals surface area contributed by atoms with Crippen molar-refractivity contribution in [1.29, 1.82) is 0 Å². The van der Waals surface area contributed by atoms with Gasteiger partial charge in [0.25, 0.3) is 5.91 Å². The van der Waals surface area contributed by atoms with Crippen LogP contribution in [0.4, 0.5) is 5.69 Å². The first-order valence-electron chi connectivity index (χ1n) is 7.90. The molecule has 0 radical (unpaired) electrons. The van der Waals surface area contributed by atoms with E-state index in [4.69, 9.17) is 0 Å². The summed E-state index contributed by atoms with van der Waals surface area (Å²) in [5.41, 5.74) is 3.43. The van der Waals surface area contributed by atoms with Gasteiger partial charge in [0, 0.05) is 31.4 Å². The molecule has 0 saturated carbocycles. The third-order valence-electron chi connectivity index (χ3n) is 3.65. The fraction of sp³-hybridized carbons (Fsp3) is 0.200. The molecule has 4 nitrogen and oxygen atoms in total. The van der Waals surface area contributed by atoms with Crippen LogP contribution in [0.1, 0.15) is 28.4 Å². The Morgan fingerprint density at radius 3 is 2.33 bits per heavy atom. The van der Waals surface area contributed by atoms with E-state index in [1.54, 1.807) is 32.3 Å². The summed E-state index contributed by atoms with van der Waals surface area (Å²) in [7, 11) is 3.43. The molecule has 0 fully saturated rings. The minimum atomic E-state index is -0.177. The second-order valence-corrected chi connectivity index (χ2v) is 5.65. The Hall–Kier alpha value is -2.88. The first-order chi connectivity index (χ1) is 11.5. The lowest BCUT2D eigenvalue weighted by molar-refractivity contribution is -0.111. The number of nitrogens with one attached hydrogen (secondary N) is 1. The summed E-state index contributed by atoms with van der Waals surface area (Å²) < 4.78 is 0. The molecule has 1 N–H and O–H groups in total. The summed E-state index contributed by atoms with van der Waals surface area (Å²) in [6.45, 7) is 2.05. The van der Waals surface area contributed by atoms with Crippen molar-refractivity contribution < 1.29 is 9.59 Å². The summed E-state index contributed by atoms with van der Waals surface area (Å²) in [6.07, 6.45) is 4.09. The zero-order valence-electron chi connectivity index (χ0n) is 14.2. The SMILES string of the molecule is CCc1ccccc1NC(=O)/C=C/c1ccc(C(=O)N(C)C)cc1. The molecule has 0 bridgehead atoms. The molecule has 124 valence electrons. The number of amides is 2. The Morgan fingerprint density at radius 1 is 1.04 bits per heavy atom. The van der Waals surface area contributed by atoms with E-state index in [1.807, 2.05) is 36.4 Å². The molecule has 4 heteroatoms. The summed E-state index contributed by atoms with van der Waals surface area (Å²) in [5, 5.41) is 2.89. The molecule has 0 aromatic heterocycles. The van der Waals surface area contributed by atoms with E-state index < -0.39 is 0 Å². The highest BCUT2D eigenvalue weighted by Crippen LogP contribution is 2.15. The number of nitrogens with zero attached hydrogens (tertiary/aromatic N) is 1. The van der Waals surface area contributed by atoms with Crippen LogP contribution in [0.3, 0.4) is 0 Å². The van der Waals surface area contributed by atoms with Gasteiger partial charge in [0.15, 0.2) is 0 Å². The summed E-state index contributed by atoms with van der Waals surface area (Å²) >= 11 is 0. The normalized spacial score (nSPS) is 10.6. The van der Waals surface area contributed by atoms with Gasteiger partial charge in [0.2, 0.25) is 5.91 Å². The Labute approximate surface area is 142 Å². The monoisotopic (exact) mass is 322 g/mol. The maximum Gasteiger partial charge on any atom is 0.253 e. The summed E-state index contributed by atoms with van der Waals surface area (Å²) in [4.78, 5) is 25.4. The second-order valence-electron chi connectivity index (χ2n) is 5.65. The van der Waals surface area contributed by atoms with Crippen LogP contribution in [-0.2, 0) is 11.2 Å². The number of carbonyl (C=O) groups excluding carboxylic acids is 2. The third kappa shape index (κ3) is 4.56. The van der Waals surface area contributed by atoms with E-state index in [9.17, 15) is 9.59 Å². The number of hydrogen-bond acceptors (Lipinski definition) is 2. The second kappa shape index (κ2) is 8.11. The van der Waals surface area contributed by atoms with Gasteiger partial charge in [-0.3, -0.25) is 9.59 Å². The minimum absolute atomic E-state index is 0.0422. The van der Waals surface area contributed by atoms with Crippen LogP contribution in [0, 0.1) is 0 Å². The molecular weight excluding hydrogens is 300 g/mol. The predicted molar refractivity (Wildman–Crippen MR) is 97.9 cm³/mol. The van der Waals surface area contributed by atoms with Crippen LogP contribution in [0.2, 0.25) is 0 Å².